The first-order chi connectivity index (χ1) is 9.67. The van der Waals surface area contributed by atoms with Crippen LogP contribution in [0.3, 0.4) is 0 Å². The molecule has 0 aromatic heterocycles. The van der Waals surface area contributed by atoms with Crippen molar-refractivity contribution in [2.24, 2.45) is 5.92 Å². The zero-order valence-electron chi connectivity index (χ0n) is 12.2. The van der Waals surface area contributed by atoms with Gasteiger partial charge in [-0.25, -0.2) is 0 Å². The highest BCUT2D eigenvalue weighted by molar-refractivity contribution is 6.31. The Morgan fingerprint density at radius 3 is 2.20 bits per heavy atom. The molecule has 3 nitrogen and oxygen atoms in total. The monoisotopic (exact) mass is 298 g/mol. The van der Waals surface area contributed by atoms with Gasteiger partial charge in [0, 0.05) is 11.6 Å². The van der Waals surface area contributed by atoms with Crippen LogP contribution in [0.15, 0.2) is 12.1 Å². The van der Waals surface area contributed by atoms with Crippen molar-refractivity contribution in [3.8, 4) is 11.5 Å². The van der Waals surface area contributed by atoms with E-state index in [1.54, 1.807) is 6.07 Å². The van der Waals surface area contributed by atoms with Gasteiger partial charge >= 0.3 is 0 Å². The molecule has 0 bridgehead atoms. The largest absolute Gasteiger partial charge is 0.486 e. The van der Waals surface area contributed by atoms with E-state index < -0.39 is 6.10 Å². The lowest BCUT2D eigenvalue weighted by atomic mass is 9.88. The molecular formula is C16H23ClO3. The van der Waals surface area contributed by atoms with Gasteiger partial charge in [-0.3, -0.25) is 0 Å². The van der Waals surface area contributed by atoms with Gasteiger partial charge in [-0.15, -0.1) is 0 Å². The molecule has 1 heterocycles. The number of halogens is 1. The average Bonchev–Trinajstić information content (AvgIpc) is 2.45. The lowest BCUT2D eigenvalue weighted by Gasteiger charge is -2.25. The molecule has 112 valence electrons. The van der Waals surface area contributed by atoms with E-state index in [1.807, 2.05) is 6.07 Å². The first-order valence-corrected chi connectivity index (χ1v) is 7.82. The van der Waals surface area contributed by atoms with E-state index in [2.05, 4.69) is 13.8 Å². The van der Waals surface area contributed by atoms with Gasteiger partial charge in [-0.05, 0) is 24.8 Å². The number of aliphatic hydroxyl groups excluding tert-OH is 1. The molecule has 0 amide bonds. The van der Waals surface area contributed by atoms with Gasteiger partial charge in [0.2, 0.25) is 0 Å². The van der Waals surface area contributed by atoms with Crippen LogP contribution in [0.4, 0.5) is 0 Å². The normalized spacial score (nSPS) is 15.4. The minimum atomic E-state index is -0.543. The van der Waals surface area contributed by atoms with Crippen LogP contribution in [-0.4, -0.2) is 18.3 Å². The van der Waals surface area contributed by atoms with E-state index >= 15 is 0 Å². The topological polar surface area (TPSA) is 38.7 Å². The minimum Gasteiger partial charge on any atom is -0.486 e. The van der Waals surface area contributed by atoms with Gasteiger partial charge in [-0.1, -0.05) is 38.3 Å². The number of rotatable bonds is 6. The third-order valence-electron chi connectivity index (χ3n) is 3.75. The van der Waals surface area contributed by atoms with Crippen LogP contribution in [0.25, 0.3) is 0 Å². The van der Waals surface area contributed by atoms with E-state index in [0.717, 1.165) is 31.2 Å². The summed E-state index contributed by atoms with van der Waals surface area (Å²) < 4.78 is 11.1. The molecule has 1 aliphatic rings. The summed E-state index contributed by atoms with van der Waals surface area (Å²) >= 11 is 6.30. The van der Waals surface area contributed by atoms with Crippen LogP contribution in [0.2, 0.25) is 5.02 Å². The minimum absolute atomic E-state index is 0.241. The third-order valence-corrected chi connectivity index (χ3v) is 4.07. The Hall–Kier alpha value is -0.930. The number of hydrogen-bond donors (Lipinski definition) is 1. The molecule has 0 spiro atoms. The van der Waals surface area contributed by atoms with E-state index in [-0.39, 0.29) is 5.92 Å². The van der Waals surface area contributed by atoms with Crippen molar-refractivity contribution in [3.05, 3.63) is 22.7 Å². The predicted octanol–water partition coefficient (Wildman–Crippen LogP) is 4.36. The van der Waals surface area contributed by atoms with Crippen LogP contribution >= 0.6 is 11.6 Å². The Morgan fingerprint density at radius 2 is 1.65 bits per heavy atom. The van der Waals surface area contributed by atoms with Crippen LogP contribution in [0.1, 0.15) is 51.2 Å². The Balaban J connectivity index is 2.25. The SMILES string of the molecule is CCCC(CCC)C(O)c1cc2c(cc1Cl)OCCO2. The number of hydrogen-bond acceptors (Lipinski definition) is 3. The van der Waals surface area contributed by atoms with Crippen molar-refractivity contribution < 1.29 is 14.6 Å². The lowest BCUT2D eigenvalue weighted by Crippen LogP contribution is -2.17. The van der Waals surface area contributed by atoms with Gasteiger partial charge in [0.15, 0.2) is 11.5 Å². The summed E-state index contributed by atoms with van der Waals surface area (Å²) in [6, 6.07) is 3.59. The van der Waals surface area contributed by atoms with Gasteiger partial charge in [0.1, 0.15) is 13.2 Å². The van der Waals surface area contributed by atoms with E-state index in [4.69, 9.17) is 21.1 Å². The van der Waals surface area contributed by atoms with Crippen molar-refractivity contribution in [2.75, 3.05) is 13.2 Å². The van der Waals surface area contributed by atoms with E-state index in [1.165, 1.54) is 0 Å². The Labute approximate surface area is 125 Å². The van der Waals surface area contributed by atoms with Crippen LogP contribution in [0.5, 0.6) is 11.5 Å². The number of ether oxygens (including phenoxy) is 2. The second kappa shape index (κ2) is 7.19. The van der Waals surface area contributed by atoms with Gasteiger partial charge in [0.25, 0.3) is 0 Å². The summed E-state index contributed by atoms with van der Waals surface area (Å²) in [6.45, 7) is 5.36. The molecule has 0 aliphatic carbocycles. The van der Waals surface area contributed by atoms with Crippen molar-refractivity contribution in [3.63, 3.8) is 0 Å². The Morgan fingerprint density at radius 1 is 1.10 bits per heavy atom. The summed E-state index contributed by atoms with van der Waals surface area (Å²) in [6.07, 6.45) is 3.58. The molecule has 20 heavy (non-hydrogen) atoms. The molecule has 1 atom stereocenters. The second-order valence-corrected chi connectivity index (χ2v) is 5.71. The van der Waals surface area contributed by atoms with Gasteiger partial charge < -0.3 is 14.6 Å². The Kier molecular flexibility index (Phi) is 5.55. The summed E-state index contributed by atoms with van der Waals surface area (Å²) in [7, 11) is 0. The van der Waals surface area contributed by atoms with Crippen molar-refractivity contribution in [2.45, 2.75) is 45.6 Å². The maximum atomic E-state index is 10.6. The molecule has 1 aromatic carbocycles. The number of aliphatic hydroxyl groups is 1. The quantitative estimate of drug-likeness (QED) is 0.848. The average molecular weight is 299 g/mol. The smallest absolute Gasteiger partial charge is 0.162 e. The fourth-order valence-electron chi connectivity index (χ4n) is 2.76. The maximum absolute atomic E-state index is 10.6. The molecule has 0 radical (unpaired) electrons. The van der Waals surface area contributed by atoms with E-state index in [9.17, 15) is 5.11 Å². The van der Waals surface area contributed by atoms with Crippen LogP contribution in [0, 0.1) is 5.92 Å². The predicted molar refractivity (Wildman–Crippen MR) is 80.7 cm³/mol. The molecule has 1 aliphatic heterocycles. The molecule has 1 unspecified atom stereocenters. The summed E-state index contributed by atoms with van der Waals surface area (Å²) in [5, 5.41) is 11.2. The van der Waals surface area contributed by atoms with Gasteiger partial charge in [0.05, 0.1) is 11.1 Å². The summed E-state index contributed by atoms with van der Waals surface area (Å²) in [4.78, 5) is 0. The molecule has 1 N–H and O–H groups in total. The molecule has 0 saturated carbocycles. The first kappa shape index (κ1) is 15.5. The highest BCUT2D eigenvalue weighted by Crippen LogP contribution is 2.40. The molecule has 0 saturated heterocycles. The number of benzene rings is 1. The number of fused-ring (bicyclic) bond motifs is 1. The van der Waals surface area contributed by atoms with E-state index in [0.29, 0.717) is 29.7 Å². The fourth-order valence-corrected chi connectivity index (χ4v) is 3.03. The molecule has 1 aromatic rings. The van der Waals surface area contributed by atoms with Crippen molar-refractivity contribution in [1.29, 1.82) is 0 Å². The Bertz CT molecular complexity index is 442. The molecule has 0 fully saturated rings. The molecular weight excluding hydrogens is 276 g/mol. The molecule has 4 heteroatoms. The lowest BCUT2D eigenvalue weighted by molar-refractivity contribution is 0.0955. The third kappa shape index (κ3) is 3.39. The highest BCUT2D eigenvalue weighted by Gasteiger charge is 2.24. The zero-order valence-corrected chi connectivity index (χ0v) is 12.9. The molecule has 2 rings (SSSR count). The van der Waals surface area contributed by atoms with Crippen LogP contribution < -0.4 is 9.47 Å². The van der Waals surface area contributed by atoms with Crippen molar-refractivity contribution in [1.82, 2.24) is 0 Å². The first-order valence-electron chi connectivity index (χ1n) is 7.44. The highest BCUT2D eigenvalue weighted by atomic mass is 35.5. The fraction of sp³-hybridized carbons (Fsp3) is 0.625. The van der Waals surface area contributed by atoms with Gasteiger partial charge in [-0.2, -0.15) is 0 Å². The summed E-state index contributed by atoms with van der Waals surface area (Å²) in [5.41, 5.74) is 0.753. The summed E-state index contributed by atoms with van der Waals surface area (Å²) in [5.74, 6) is 1.59. The maximum Gasteiger partial charge on any atom is 0.162 e. The zero-order chi connectivity index (χ0) is 14.5. The standard InChI is InChI=1S/C16H23ClO3/c1-3-5-11(6-4-2)16(18)12-9-14-15(10-13(12)17)20-8-7-19-14/h9-11,16,18H,3-8H2,1-2H3. The van der Waals surface area contributed by atoms with Crippen molar-refractivity contribution >= 4 is 11.6 Å². The second-order valence-electron chi connectivity index (χ2n) is 5.30. The van der Waals surface area contributed by atoms with Crippen LogP contribution in [-0.2, 0) is 0 Å².